The van der Waals surface area contributed by atoms with E-state index in [4.69, 9.17) is 9.16 Å². The molecule has 0 aliphatic carbocycles. The standard InChI is InChI=1S/C28H42N3O3Si/c1-18(2)27(5,6)26-28(7,8)30(17-33-35)25(32)24-16-20-15-22(9-10-23(20)31(24)26)34-21-11-13-29(14-12-21)19(3)4/h9-10,15-16,18-19,21,26H,11-14,17H2,1-8H3. The Morgan fingerprint density at radius 3 is 2.34 bits per heavy atom. The van der Waals surface area contributed by atoms with E-state index in [1.54, 1.807) is 0 Å². The van der Waals surface area contributed by atoms with Crippen LogP contribution in [0.1, 0.15) is 84.8 Å². The number of benzene rings is 1. The molecule has 191 valence electrons. The van der Waals surface area contributed by atoms with Crippen molar-refractivity contribution in [2.45, 2.75) is 92.0 Å². The molecule has 0 spiro atoms. The molecule has 3 heterocycles. The van der Waals surface area contributed by atoms with Crippen LogP contribution < -0.4 is 4.74 Å². The van der Waals surface area contributed by atoms with Crippen LogP contribution in [0.5, 0.6) is 5.75 Å². The highest BCUT2D eigenvalue weighted by Gasteiger charge is 2.53. The molecule has 7 heteroatoms. The fourth-order valence-corrected chi connectivity index (χ4v) is 6.27. The zero-order chi connectivity index (χ0) is 25.7. The molecule has 3 radical (unpaired) electrons. The zero-order valence-electron chi connectivity index (χ0n) is 22.7. The topological polar surface area (TPSA) is 46.9 Å². The number of fused-ring (bicyclic) bond motifs is 3. The molecule has 1 aromatic heterocycles. The van der Waals surface area contributed by atoms with Gasteiger partial charge in [0.15, 0.2) is 0 Å². The van der Waals surface area contributed by atoms with E-state index in [1.807, 2.05) is 11.0 Å². The van der Waals surface area contributed by atoms with E-state index in [0.29, 0.717) is 17.7 Å². The number of hydrogen-bond acceptors (Lipinski definition) is 4. The lowest BCUT2D eigenvalue weighted by molar-refractivity contribution is -0.0398. The van der Waals surface area contributed by atoms with E-state index in [1.165, 1.54) is 0 Å². The number of amides is 1. The second-order valence-electron chi connectivity index (χ2n) is 12.1. The van der Waals surface area contributed by atoms with Gasteiger partial charge in [0.2, 0.25) is 10.5 Å². The Bertz CT molecular complexity index is 1070. The Balaban J connectivity index is 1.73. The Morgan fingerprint density at radius 2 is 1.77 bits per heavy atom. The molecule has 1 fully saturated rings. The monoisotopic (exact) mass is 496 g/mol. The molecule has 0 N–H and O–H groups in total. The normalized spacial score (nSPS) is 21.9. The maximum absolute atomic E-state index is 13.7. The van der Waals surface area contributed by atoms with E-state index >= 15 is 0 Å². The first kappa shape index (κ1) is 26.2. The lowest BCUT2D eigenvalue weighted by Gasteiger charge is -2.55. The molecular weight excluding hydrogens is 454 g/mol. The largest absolute Gasteiger partial charge is 0.490 e. The third-order valence-corrected chi connectivity index (χ3v) is 8.92. The summed E-state index contributed by atoms with van der Waals surface area (Å²) in [5.41, 5.74) is 1.27. The quantitative estimate of drug-likeness (QED) is 0.481. The summed E-state index contributed by atoms with van der Waals surface area (Å²) in [5, 5.41) is 1.05. The predicted octanol–water partition coefficient (Wildman–Crippen LogP) is 5.41. The number of carbonyl (C=O) groups is 1. The summed E-state index contributed by atoms with van der Waals surface area (Å²) in [6.45, 7) is 20.3. The molecule has 1 atom stereocenters. The maximum atomic E-state index is 13.7. The minimum atomic E-state index is -0.448. The maximum Gasteiger partial charge on any atom is 0.272 e. The Morgan fingerprint density at radius 1 is 1.11 bits per heavy atom. The van der Waals surface area contributed by atoms with Gasteiger partial charge in [0.25, 0.3) is 5.91 Å². The number of piperidine rings is 1. The minimum absolute atomic E-state index is 0.0104. The molecule has 2 aromatic rings. The van der Waals surface area contributed by atoms with Gasteiger partial charge in [0.1, 0.15) is 24.3 Å². The van der Waals surface area contributed by atoms with Crippen LogP contribution in [-0.2, 0) is 4.43 Å². The molecule has 1 unspecified atom stereocenters. The van der Waals surface area contributed by atoms with Gasteiger partial charge < -0.3 is 23.5 Å². The molecule has 2 aliphatic rings. The number of aromatic nitrogens is 1. The average molecular weight is 497 g/mol. The van der Waals surface area contributed by atoms with Gasteiger partial charge in [-0.15, -0.1) is 0 Å². The van der Waals surface area contributed by atoms with Gasteiger partial charge in [-0.1, -0.05) is 27.7 Å². The van der Waals surface area contributed by atoms with Crippen molar-refractivity contribution in [1.29, 1.82) is 0 Å². The molecule has 1 saturated heterocycles. The van der Waals surface area contributed by atoms with Gasteiger partial charge in [-0.05, 0) is 76.1 Å². The molecule has 1 amide bonds. The van der Waals surface area contributed by atoms with Crippen molar-refractivity contribution in [2.75, 3.05) is 19.8 Å². The van der Waals surface area contributed by atoms with Crippen LogP contribution in [0.4, 0.5) is 0 Å². The highest BCUT2D eigenvalue weighted by molar-refractivity contribution is 6.01. The summed E-state index contributed by atoms with van der Waals surface area (Å²) in [4.78, 5) is 18.1. The van der Waals surface area contributed by atoms with Gasteiger partial charge in [-0.2, -0.15) is 0 Å². The van der Waals surface area contributed by atoms with E-state index in [2.05, 4.69) is 93.5 Å². The summed E-state index contributed by atoms with van der Waals surface area (Å²) >= 11 is 0. The summed E-state index contributed by atoms with van der Waals surface area (Å²) in [7, 11) is 3.14. The number of carbonyl (C=O) groups excluding carboxylic acids is 1. The fraction of sp³-hybridized carbons (Fsp3) is 0.679. The van der Waals surface area contributed by atoms with Crippen LogP contribution in [0, 0.1) is 11.3 Å². The van der Waals surface area contributed by atoms with Gasteiger partial charge in [0.05, 0.1) is 11.6 Å². The first-order valence-electron chi connectivity index (χ1n) is 13.1. The fourth-order valence-electron chi connectivity index (χ4n) is 6.14. The molecule has 35 heavy (non-hydrogen) atoms. The molecule has 2 aliphatic heterocycles. The van der Waals surface area contributed by atoms with Gasteiger partial charge in [0, 0.05) is 30.0 Å². The highest BCUT2D eigenvalue weighted by Crippen LogP contribution is 2.51. The Hall–Kier alpha value is -1.83. The number of likely N-dealkylation sites (tertiary alicyclic amines) is 1. The third kappa shape index (κ3) is 4.55. The number of hydrogen-bond donors (Lipinski definition) is 0. The highest BCUT2D eigenvalue weighted by atomic mass is 28.2. The molecule has 6 nitrogen and oxygen atoms in total. The third-order valence-electron chi connectivity index (χ3n) is 8.79. The van der Waals surface area contributed by atoms with Crippen LogP contribution in [0.15, 0.2) is 24.3 Å². The van der Waals surface area contributed by atoms with Crippen molar-refractivity contribution < 1.29 is 14.0 Å². The smallest absolute Gasteiger partial charge is 0.272 e. The van der Waals surface area contributed by atoms with Crippen LogP contribution in [-0.4, -0.2) is 68.3 Å². The first-order valence-corrected chi connectivity index (χ1v) is 13.5. The van der Waals surface area contributed by atoms with Gasteiger partial charge >= 0.3 is 0 Å². The van der Waals surface area contributed by atoms with Crippen molar-refractivity contribution in [3.63, 3.8) is 0 Å². The number of ether oxygens (including phenoxy) is 1. The molecular formula is C28H42N3O3Si. The Kier molecular flexibility index (Phi) is 7.17. The molecule has 4 rings (SSSR count). The van der Waals surface area contributed by atoms with Crippen molar-refractivity contribution in [1.82, 2.24) is 14.4 Å². The van der Waals surface area contributed by atoms with E-state index in [0.717, 1.165) is 42.6 Å². The zero-order valence-corrected chi connectivity index (χ0v) is 23.7. The lowest BCUT2D eigenvalue weighted by Crippen LogP contribution is -2.61. The van der Waals surface area contributed by atoms with Crippen molar-refractivity contribution >= 4 is 27.3 Å². The van der Waals surface area contributed by atoms with Crippen LogP contribution in [0.2, 0.25) is 0 Å². The van der Waals surface area contributed by atoms with E-state index in [9.17, 15) is 4.79 Å². The number of nitrogens with zero attached hydrogens (tertiary/aromatic N) is 3. The van der Waals surface area contributed by atoms with Crippen LogP contribution in [0.25, 0.3) is 10.9 Å². The summed E-state index contributed by atoms with van der Waals surface area (Å²) < 4.78 is 14.0. The number of rotatable bonds is 7. The first-order chi connectivity index (χ1) is 16.4. The van der Waals surface area contributed by atoms with Crippen molar-refractivity contribution in [2.24, 2.45) is 11.3 Å². The lowest BCUT2D eigenvalue weighted by atomic mass is 9.66. The molecule has 1 aromatic carbocycles. The van der Waals surface area contributed by atoms with Gasteiger partial charge in [-0.25, -0.2) is 0 Å². The second-order valence-corrected chi connectivity index (χ2v) is 12.4. The van der Waals surface area contributed by atoms with Crippen LogP contribution >= 0.6 is 0 Å². The summed E-state index contributed by atoms with van der Waals surface area (Å²) in [6, 6.07) is 9.01. The van der Waals surface area contributed by atoms with Crippen molar-refractivity contribution in [3.05, 3.63) is 30.0 Å². The second kappa shape index (κ2) is 9.56. The van der Waals surface area contributed by atoms with Crippen LogP contribution in [0.3, 0.4) is 0 Å². The van der Waals surface area contributed by atoms with Crippen molar-refractivity contribution in [3.8, 4) is 5.75 Å². The average Bonchev–Trinajstić information content (AvgIpc) is 3.15. The predicted molar refractivity (Wildman–Crippen MR) is 142 cm³/mol. The van der Waals surface area contributed by atoms with E-state index < -0.39 is 5.54 Å². The molecule has 0 saturated carbocycles. The summed E-state index contributed by atoms with van der Waals surface area (Å²) in [6.07, 6.45) is 2.32. The summed E-state index contributed by atoms with van der Waals surface area (Å²) in [5.74, 6) is 1.29. The Labute approximate surface area is 214 Å². The SMILES string of the molecule is CC(C)N1CCC(Oc2ccc3c(c2)cc2n3C(C(C)(C)C(C)C)C(C)(C)N(CO[Si])C2=O)CC1. The molecule has 0 bridgehead atoms. The van der Waals surface area contributed by atoms with Gasteiger partial charge in [-0.3, -0.25) is 4.79 Å². The van der Waals surface area contributed by atoms with E-state index in [-0.39, 0.29) is 30.2 Å². The minimum Gasteiger partial charge on any atom is -0.490 e.